The van der Waals surface area contributed by atoms with Crippen LogP contribution >= 0.6 is 0 Å². The number of hydrogen-bond acceptors (Lipinski definition) is 2. The van der Waals surface area contributed by atoms with Crippen LogP contribution in [0.15, 0.2) is 0 Å². The van der Waals surface area contributed by atoms with Gasteiger partial charge in [-0.25, -0.2) is 0 Å². The number of carbonyl (C=O) groups is 2. The summed E-state index contributed by atoms with van der Waals surface area (Å²) in [5.41, 5.74) is -0.719. The van der Waals surface area contributed by atoms with Gasteiger partial charge in [-0.05, 0) is 26.7 Å². The maximum atomic E-state index is 12.5. The van der Waals surface area contributed by atoms with E-state index in [4.69, 9.17) is 0 Å². The molecular formula is C14H22N2O2. The van der Waals surface area contributed by atoms with Gasteiger partial charge >= 0.3 is 0 Å². The second-order valence-electron chi connectivity index (χ2n) is 4.63. The van der Waals surface area contributed by atoms with Crippen LogP contribution in [0, 0.1) is 11.8 Å². The Morgan fingerprint density at radius 1 is 1.33 bits per heavy atom. The van der Waals surface area contributed by atoms with Crippen LogP contribution in [0.25, 0.3) is 0 Å². The topological polar surface area (TPSA) is 49.4 Å². The van der Waals surface area contributed by atoms with Crippen LogP contribution in [0.3, 0.4) is 0 Å². The molecule has 0 aliphatic carbocycles. The van der Waals surface area contributed by atoms with Crippen LogP contribution in [0.5, 0.6) is 0 Å². The summed E-state index contributed by atoms with van der Waals surface area (Å²) >= 11 is 0. The van der Waals surface area contributed by atoms with Crippen LogP contribution in [-0.4, -0.2) is 34.8 Å². The average Bonchev–Trinajstić information content (AvgIpc) is 2.38. The van der Waals surface area contributed by atoms with E-state index in [1.54, 1.807) is 18.7 Å². The quantitative estimate of drug-likeness (QED) is 0.765. The van der Waals surface area contributed by atoms with Gasteiger partial charge in [0.25, 0.3) is 0 Å². The molecule has 0 bridgehead atoms. The Balaban J connectivity index is 2.94. The van der Waals surface area contributed by atoms with Crippen molar-refractivity contribution in [2.75, 3.05) is 6.54 Å². The summed E-state index contributed by atoms with van der Waals surface area (Å²) < 4.78 is 0. The van der Waals surface area contributed by atoms with Gasteiger partial charge in [0.1, 0.15) is 11.6 Å². The van der Waals surface area contributed by atoms with Gasteiger partial charge < -0.3 is 10.2 Å². The van der Waals surface area contributed by atoms with Gasteiger partial charge in [0.2, 0.25) is 11.8 Å². The lowest BCUT2D eigenvalue weighted by Gasteiger charge is -2.44. The minimum absolute atomic E-state index is 0.0255. The predicted octanol–water partition coefficient (Wildman–Crippen LogP) is 1.31. The summed E-state index contributed by atoms with van der Waals surface area (Å²) in [6.45, 7) is 7.93. The number of carbonyl (C=O) groups excluding carboxylic acids is 2. The van der Waals surface area contributed by atoms with Crippen molar-refractivity contribution in [2.45, 2.75) is 58.5 Å². The highest BCUT2D eigenvalue weighted by atomic mass is 16.2. The molecule has 0 aromatic carbocycles. The highest BCUT2D eigenvalue weighted by Gasteiger charge is 2.46. The fourth-order valence-electron chi connectivity index (χ4n) is 2.31. The third-order valence-electron chi connectivity index (χ3n) is 3.74. The standard InChI is InChI=1S/C14H22N2O2/c1-5-8-9-10-16-11(4)12(17)15-14(6-2,7-3)13(16)18/h11H,6-7,9-10H2,1-4H3,(H,15,17). The SMILES string of the molecule is CC#CCCN1C(=O)C(CC)(CC)NC(=O)C1C. The molecule has 1 aliphatic heterocycles. The third kappa shape index (κ3) is 2.50. The van der Waals surface area contributed by atoms with Crippen molar-refractivity contribution in [3.8, 4) is 11.8 Å². The number of rotatable bonds is 4. The first kappa shape index (κ1) is 14.6. The first-order valence-electron chi connectivity index (χ1n) is 6.55. The fourth-order valence-corrected chi connectivity index (χ4v) is 2.31. The van der Waals surface area contributed by atoms with E-state index in [0.29, 0.717) is 25.8 Å². The van der Waals surface area contributed by atoms with Gasteiger partial charge in [0, 0.05) is 13.0 Å². The van der Waals surface area contributed by atoms with Gasteiger partial charge in [-0.3, -0.25) is 9.59 Å². The Morgan fingerprint density at radius 3 is 2.44 bits per heavy atom. The summed E-state index contributed by atoms with van der Waals surface area (Å²) in [6.07, 6.45) is 1.86. The molecule has 100 valence electrons. The summed E-state index contributed by atoms with van der Waals surface area (Å²) in [4.78, 5) is 26.2. The highest BCUT2D eigenvalue weighted by Crippen LogP contribution is 2.24. The van der Waals surface area contributed by atoms with Crippen molar-refractivity contribution >= 4 is 11.8 Å². The van der Waals surface area contributed by atoms with Crippen LogP contribution in [0.2, 0.25) is 0 Å². The first-order chi connectivity index (χ1) is 8.52. The van der Waals surface area contributed by atoms with E-state index in [1.165, 1.54) is 0 Å². The molecule has 1 rings (SSSR count). The average molecular weight is 250 g/mol. The molecule has 2 amide bonds. The lowest BCUT2D eigenvalue weighted by Crippen LogP contribution is -2.69. The van der Waals surface area contributed by atoms with Crippen molar-refractivity contribution in [3.63, 3.8) is 0 Å². The van der Waals surface area contributed by atoms with Gasteiger partial charge in [-0.2, -0.15) is 0 Å². The number of hydrogen-bond donors (Lipinski definition) is 1. The fraction of sp³-hybridized carbons (Fsp3) is 0.714. The predicted molar refractivity (Wildman–Crippen MR) is 70.7 cm³/mol. The van der Waals surface area contributed by atoms with Crippen LogP contribution in [0.4, 0.5) is 0 Å². The van der Waals surface area contributed by atoms with E-state index in [-0.39, 0.29) is 11.8 Å². The van der Waals surface area contributed by atoms with E-state index < -0.39 is 11.6 Å². The maximum absolute atomic E-state index is 12.5. The second-order valence-corrected chi connectivity index (χ2v) is 4.63. The summed E-state index contributed by atoms with van der Waals surface area (Å²) in [7, 11) is 0. The summed E-state index contributed by atoms with van der Waals surface area (Å²) in [5, 5.41) is 2.88. The number of nitrogens with one attached hydrogen (secondary N) is 1. The molecule has 0 aromatic heterocycles. The first-order valence-corrected chi connectivity index (χ1v) is 6.55. The Labute approximate surface area is 109 Å². The Bertz CT molecular complexity index is 388. The molecule has 0 radical (unpaired) electrons. The van der Waals surface area contributed by atoms with Crippen molar-refractivity contribution in [1.82, 2.24) is 10.2 Å². The molecule has 1 aliphatic rings. The van der Waals surface area contributed by atoms with E-state index in [1.807, 2.05) is 13.8 Å². The van der Waals surface area contributed by atoms with Gasteiger partial charge in [0.05, 0.1) is 0 Å². The maximum Gasteiger partial charge on any atom is 0.249 e. The molecule has 1 atom stereocenters. The monoisotopic (exact) mass is 250 g/mol. The van der Waals surface area contributed by atoms with Crippen molar-refractivity contribution in [3.05, 3.63) is 0 Å². The van der Waals surface area contributed by atoms with E-state index in [2.05, 4.69) is 17.2 Å². The van der Waals surface area contributed by atoms with Crippen LogP contribution < -0.4 is 5.32 Å². The third-order valence-corrected chi connectivity index (χ3v) is 3.74. The molecule has 0 spiro atoms. The summed E-state index contributed by atoms with van der Waals surface area (Å²) in [5.74, 6) is 5.71. The largest absolute Gasteiger partial charge is 0.340 e. The molecule has 1 saturated heterocycles. The number of amides is 2. The van der Waals surface area contributed by atoms with Crippen LogP contribution in [0.1, 0.15) is 47.0 Å². The zero-order valence-electron chi connectivity index (χ0n) is 11.7. The zero-order valence-corrected chi connectivity index (χ0v) is 11.7. The highest BCUT2D eigenvalue weighted by molar-refractivity contribution is 5.99. The number of piperazine rings is 1. The molecule has 4 nitrogen and oxygen atoms in total. The molecule has 18 heavy (non-hydrogen) atoms. The summed E-state index contributed by atoms with van der Waals surface area (Å²) in [6, 6.07) is -0.401. The normalized spacial score (nSPS) is 22.2. The molecule has 1 N–H and O–H groups in total. The molecule has 0 saturated carbocycles. The van der Waals surface area contributed by atoms with Crippen molar-refractivity contribution < 1.29 is 9.59 Å². The Hall–Kier alpha value is -1.50. The van der Waals surface area contributed by atoms with Gasteiger partial charge in [-0.1, -0.05) is 13.8 Å². The lowest BCUT2D eigenvalue weighted by atomic mass is 9.87. The van der Waals surface area contributed by atoms with E-state index in [9.17, 15) is 9.59 Å². The van der Waals surface area contributed by atoms with E-state index in [0.717, 1.165) is 0 Å². The number of nitrogens with zero attached hydrogens (tertiary/aromatic N) is 1. The van der Waals surface area contributed by atoms with Gasteiger partial charge in [0.15, 0.2) is 0 Å². The molecule has 4 heteroatoms. The lowest BCUT2D eigenvalue weighted by molar-refractivity contribution is -0.154. The second kappa shape index (κ2) is 5.90. The minimum atomic E-state index is -0.719. The molecule has 1 heterocycles. The zero-order chi connectivity index (χ0) is 13.8. The van der Waals surface area contributed by atoms with Crippen molar-refractivity contribution in [1.29, 1.82) is 0 Å². The Kier molecular flexibility index (Phi) is 4.77. The molecule has 1 unspecified atom stereocenters. The molecule has 0 aromatic rings. The molecular weight excluding hydrogens is 228 g/mol. The Morgan fingerprint density at radius 2 is 1.94 bits per heavy atom. The minimum Gasteiger partial charge on any atom is -0.340 e. The smallest absolute Gasteiger partial charge is 0.249 e. The molecule has 1 fully saturated rings. The van der Waals surface area contributed by atoms with Crippen molar-refractivity contribution in [2.24, 2.45) is 0 Å². The van der Waals surface area contributed by atoms with Crippen LogP contribution in [-0.2, 0) is 9.59 Å². The van der Waals surface area contributed by atoms with E-state index >= 15 is 0 Å². The van der Waals surface area contributed by atoms with Gasteiger partial charge in [-0.15, -0.1) is 11.8 Å².